The van der Waals surface area contributed by atoms with Gasteiger partial charge in [-0.3, -0.25) is 10.1 Å². The Kier molecular flexibility index (Phi) is 3.61. The van der Waals surface area contributed by atoms with E-state index in [1.807, 2.05) is 6.07 Å². The minimum Gasteiger partial charge on any atom is -0.301 e. The van der Waals surface area contributed by atoms with Crippen LogP contribution in [0.3, 0.4) is 0 Å². The second-order valence-corrected chi connectivity index (χ2v) is 3.23. The van der Waals surface area contributed by atoms with Gasteiger partial charge in [0.25, 0.3) is 5.69 Å². The van der Waals surface area contributed by atoms with Gasteiger partial charge in [0, 0.05) is 6.07 Å². The molecule has 0 aliphatic carbocycles. The molecule has 1 N–H and O–H groups in total. The predicted molar refractivity (Wildman–Crippen MR) is 55.5 cm³/mol. The number of nitro groups is 1. The maximum atomic E-state index is 10.6. The zero-order chi connectivity index (χ0) is 11.4. The van der Waals surface area contributed by atoms with Crippen LogP contribution < -0.4 is 5.32 Å². The fourth-order valence-electron chi connectivity index (χ4n) is 1.15. The number of hydrogen-bond donors (Lipinski definition) is 1. The normalized spacial score (nSPS) is 11.8. The molecular formula is C9H8ClN3O2. The zero-order valence-electron chi connectivity index (χ0n) is 7.90. The molecule has 0 amide bonds. The summed E-state index contributed by atoms with van der Waals surface area (Å²) in [5.41, 5.74) is 0.334. The average molecular weight is 226 g/mol. The molecule has 1 rings (SSSR count). The Balaban J connectivity index is 3.19. The number of hydrogen-bond acceptors (Lipinski definition) is 4. The summed E-state index contributed by atoms with van der Waals surface area (Å²) in [5.74, 6) is 0. The minimum atomic E-state index is -0.573. The van der Waals surface area contributed by atoms with Gasteiger partial charge in [-0.05, 0) is 18.7 Å². The Morgan fingerprint density at radius 3 is 2.80 bits per heavy atom. The first kappa shape index (κ1) is 11.4. The fraction of sp³-hybridized carbons (Fsp3) is 0.222. The molecule has 0 saturated carbocycles. The van der Waals surface area contributed by atoms with Crippen LogP contribution in [-0.4, -0.2) is 12.0 Å². The van der Waals surface area contributed by atoms with Gasteiger partial charge in [-0.25, -0.2) is 0 Å². The van der Waals surface area contributed by atoms with Crippen LogP contribution in [0.25, 0.3) is 0 Å². The van der Waals surface area contributed by atoms with Gasteiger partial charge in [0.2, 0.25) is 0 Å². The summed E-state index contributed by atoms with van der Waals surface area (Å²) >= 11 is 5.64. The second-order valence-electron chi connectivity index (χ2n) is 2.82. The molecule has 78 valence electrons. The number of nitriles is 1. The molecule has 0 bridgehead atoms. The van der Waals surface area contributed by atoms with Crippen molar-refractivity contribution in [1.29, 1.82) is 5.26 Å². The second kappa shape index (κ2) is 4.73. The average Bonchev–Trinajstić information content (AvgIpc) is 2.21. The molecule has 1 aromatic carbocycles. The summed E-state index contributed by atoms with van der Waals surface area (Å²) in [6.07, 6.45) is 0. The highest BCUT2D eigenvalue weighted by Crippen LogP contribution is 2.27. The van der Waals surface area contributed by atoms with Crippen LogP contribution in [0.2, 0.25) is 5.02 Å². The molecule has 1 aromatic rings. The zero-order valence-corrected chi connectivity index (χ0v) is 8.65. The van der Waals surface area contributed by atoms with Crippen molar-refractivity contribution in [1.82, 2.24) is 5.32 Å². The summed E-state index contributed by atoms with van der Waals surface area (Å²) in [6.45, 7) is 0. The van der Waals surface area contributed by atoms with E-state index in [2.05, 4.69) is 5.32 Å². The lowest BCUT2D eigenvalue weighted by molar-refractivity contribution is -0.384. The molecule has 0 aromatic heterocycles. The van der Waals surface area contributed by atoms with E-state index >= 15 is 0 Å². The standard InChI is InChI=1S/C9H8ClN3O2/c1-12-8(5-11)6-2-3-7(10)9(4-6)13(14)15/h2-4,8,12H,1H3. The first-order chi connectivity index (χ1) is 7.10. The summed E-state index contributed by atoms with van der Waals surface area (Å²) < 4.78 is 0. The molecule has 0 saturated heterocycles. The van der Waals surface area contributed by atoms with E-state index in [4.69, 9.17) is 16.9 Å². The van der Waals surface area contributed by atoms with Crippen molar-refractivity contribution >= 4 is 17.3 Å². The molecule has 0 radical (unpaired) electrons. The molecule has 15 heavy (non-hydrogen) atoms. The van der Waals surface area contributed by atoms with E-state index in [-0.39, 0.29) is 10.7 Å². The Bertz CT molecular complexity index is 428. The van der Waals surface area contributed by atoms with Crippen LogP contribution >= 0.6 is 11.6 Å². The van der Waals surface area contributed by atoms with Gasteiger partial charge in [-0.2, -0.15) is 5.26 Å². The lowest BCUT2D eigenvalue weighted by atomic mass is 10.1. The third-order valence-corrected chi connectivity index (χ3v) is 2.24. The highest BCUT2D eigenvalue weighted by molar-refractivity contribution is 6.32. The van der Waals surface area contributed by atoms with E-state index in [0.29, 0.717) is 5.56 Å². The highest BCUT2D eigenvalue weighted by atomic mass is 35.5. The SMILES string of the molecule is CNC(C#N)c1ccc(Cl)c([N+](=O)[O-])c1. The van der Waals surface area contributed by atoms with Gasteiger partial charge in [-0.15, -0.1) is 0 Å². The number of nitrogens with zero attached hydrogens (tertiary/aromatic N) is 2. The van der Waals surface area contributed by atoms with Crippen molar-refractivity contribution < 1.29 is 4.92 Å². The first-order valence-electron chi connectivity index (χ1n) is 4.11. The molecular weight excluding hydrogens is 218 g/mol. The smallest absolute Gasteiger partial charge is 0.288 e. The molecule has 0 aliphatic heterocycles. The van der Waals surface area contributed by atoms with Crippen molar-refractivity contribution in [3.8, 4) is 6.07 Å². The van der Waals surface area contributed by atoms with Gasteiger partial charge in [-0.1, -0.05) is 17.7 Å². The number of benzene rings is 1. The van der Waals surface area contributed by atoms with Gasteiger partial charge < -0.3 is 5.32 Å². The maximum Gasteiger partial charge on any atom is 0.288 e. The van der Waals surface area contributed by atoms with Gasteiger partial charge in [0.1, 0.15) is 11.1 Å². The van der Waals surface area contributed by atoms with Crippen molar-refractivity contribution in [3.63, 3.8) is 0 Å². The van der Waals surface area contributed by atoms with Crippen molar-refractivity contribution in [2.24, 2.45) is 0 Å². The van der Waals surface area contributed by atoms with E-state index < -0.39 is 11.0 Å². The van der Waals surface area contributed by atoms with Crippen LogP contribution in [0.1, 0.15) is 11.6 Å². The van der Waals surface area contributed by atoms with E-state index in [1.165, 1.54) is 12.1 Å². The number of nitrogens with one attached hydrogen (secondary N) is 1. The summed E-state index contributed by atoms with van der Waals surface area (Å²) in [6, 6.07) is 5.70. The van der Waals surface area contributed by atoms with Crippen LogP contribution in [0.5, 0.6) is 0 Å². The largest absolute Gasteiger partial charge is 0.301 e. The number of halogens is 1. The van der Waals surface area contributed by atoms with Crippen LogP contribution in [0, 0.1) is 21.4 Å². The summed E-state index contributed by atoms with van der Waals surface area (Å²) in [5, 5.41) is 22.1. The van der Waals surface area contributed by atoms with Gasteiger partial charge in [0.05, 0.1) is 11.0 Å². The Morgan fingerprint density at radius 2 is 2.33 bits per heavy atom. The van der Waals surface area contributed by atoms with Crippen LogP contribution in [0.4, 0.5) is 5.69 Å². The predicted octanol–water partition coefficient (Wildman–Crippen LogP) is 2.03. The van der Waals surface area contributed by atoms with E-state index in [9.17, 15) is 10.1 Å². The van der Waals surface area contributed by atoms with Crippen LogP contribution in [-0.2, 0) is 0 Å². The Labute approximate surface area is 91.4 Å². The van der Waals surface area contributed by atoms with E-state index in [1.54, 1.807) is 13.1 Å². The monoisotopic (exact) mass is 225 g/mol. The molecule has 0 heterocycles. The Morgan fingerprint density at radius 1 is 1.67 bits per heavy atom. The number of rotatable bonds is 3. The fourth-order valence-corrected chi connectivity index (χ4v) is 1.34. The third kappa shape index (κ3) is 2.43. The van der Waals surface area contributed by atoms with Crippen molar-refractivity contribution in [3.05, 3.63) is 38.9 Å². The maximum absolute atomic E-state index is 10.6. The molecule has 0 spiro atoms. The molecule has 1 atom stereocenters. The molecule has 0 fully saturated rings. The van der Waals surface area contributed by atoms with Crippen LogP contribution in [0.15, 0.2) is 18.2 Å². The summed E-state index contributed by atoms with van der Waals surface area (Å²) in [7, 11) is 1.61. The quantitative estimate of drug-likeness (QED) is 0.631. The molecule has 1 unspecified atom stereocenters. The highest BCUT2D eigenvalue weighted by Gasteiger charge is 2.16. The van der Waals surface area contributed by atoms with E-state index in [0.717, 1.165) is 0 Å². The Hall–Kier alpha value is -1.64. The summed E-state index contributed by atoms with van der Waals surface area (Å²) in [4.78, 5) is 10.0. The van der Waals surface area contributed by atoms with Crippen molar-refractivity contribution in [2.75, 3.05) is 7.05 Å². The first-order valence-corrected chi connectivity index (χ1v) is 4.48. The third-order valence-electron chi connectivity index (χ3n) is 1.92. The van der Waals surface area contributed by atoms with Gasteiger partial charge in [0.15, 0.2) is 0 Å². The molecule has 0 aliphatic rings. The number of nitro benzene ring substituents is 1. The molecule has 6 heteroatoms. The minimum absolute atomic E-state index is 0.0662. The topological polar surface area (TPSA) is 79.0 Å². The van der Waals surface area contributed by atoms with Gasteiger partial charge >= 0.3 is 0 Å². The molecule has 5 nitrogen and oxygen atoms in total. The lowest BCUT2D eigenvalue weighted by Gasteiger charge is -2.07. The van der Waals surface area contributed by atoms with Crippen molar-refractivity contribution in [2.45, 2.75) is 6.04 Å². The lowest BCUT2D eigenvalue weighted by Crippen LogP contribution is -2.14.